The molecular weight excluding hydrogens is 190 g/mol. The lowest BCUT2D eigenvalue weighted by molar-refractivity contribution is 1.24. The van der Waals surface area contributed by atoms with Gasteiger partial charge < -0.3 is 5.32 Å². The monoisotopic (exact) mass is 203 g/mol. The lowest BCUT2D eigenvalue weighted by Crippen LogP contribution is -1.90. The Morgan fingerprint density at radius 1 is 1.21 bits per heavy atom. The second-order valence-electron chi connectivity index (χ2n) is 3.21. The van der Waals surface area contributed by atoms with E-state index in [1.807, 2.05) is 18.4 Å². The molecule has 1 nitrogen and oxygen atoms in total. The van der Waals surface area contributed by atoms with E-state index in [-0.39, 0.29) is 0 Å². The molecule has 0 radical (unpaired) electrons. The normalized spacial score (nSPS) is 10.1. The van der Waals surface area contributed by atoms with Crippen molar-refractivity contribution in [3.63, 3.8) is 0 Å². The molecule has 0 aliphatic heterocycles. The maximum absolute atomic E-state index is 3.15. The van der Waals surface area contributed by atoms with Crippen molar-refractivity contribution in [3.05, 3.63) is 52.2 Å². The molecule has 2 aromatic rings. The van der Waals surface area contributed by atoms with Gasteiger partial charge in [-0.1, -0.05) is 18.2 Å². The fourth-order valence-electron chi connectivity index (χ4n) is 1.45. The number of hydrogen-bond acceptors (Lipinski definition) is 2. The average Bonchev–Trinajstić information content (AvgIpc) is 2.71. The number of hydrogen-bond donors (Lipinski definition) is 1. The van der Waals surface area contributed by atoms with Crippen LogP contribution in [0.15, 0.2) is 41.8 Å². The van der Waals surface area contributed by atoms with Crippen molar-refractivity contribution in [2.45, 2.75) is 6.42 Å². The Hall–Kier alpha value is -1.28. The predicted molar refractivity (Wildman–Crippen MR) is 63.1 cm³/mol. The van der Waals surface area contributed by atoms with Crippen LogP contribution >= 0.6 is 11.3 Å². The van der Waals surface area contributed by atoms with E-state index >= 15 is 0 Å². The third kappa shape index (κ3) is 2.15. The highest BCUT2D eigenvalue weighted by Crippen LogP contribution is 2.17. The van der Waals surface area contributed by atoms with E-state index < -0.39 is 0 Å². The smallest absolute Gasteiger partial charge is 0.0340 e. The topological polar surface area (TPSA) is 12.0 Å². The van der Waals surface area contributed by atoms with Crippen molar-refractivity contribution >= 4 is 17.0 Å². The Morgan fingerprint density at radius 3 is 2.86 bits per heavy atom. The predicted octanol–water partition coefficient (Wildman–Crippen LogP) is 3.38. The summed E-state index contributed by atoms with van der Waals surface area (Å²) in [6.07, 6.45) is 1.03. The van der Waals surface area contributed by atoms with Crippen LogP contribution in [0.4, 0.5) is 5.69 Å². The minimum absolute atomic E-state index is 1.03. The van der Waals surface area contributed by atoms with Crippen LogP contribution in [0.5, 0.6) is 0 Å². The van der Waals surface area contributed by atoms with E-state index in [1.165, 1.54) is 16.1 Å². The molecule has 0 atom stereocenters. The number of thiophene rings is 1. The molecule has 1 N–H and O–H groups in total. The van der Waals surface area contributed by atoms with Gasteiger partial charge in [0, 0.05) is 24.0 Å². The van der Waals surface area contributed by atoms with Gasteiger partial charge in [-0.25, -0.2) is 0 Å². The number of nitrogens with one attached hydrogen (secondary N) is 1. The van der Waals surface area contributed by atoms with Crippen LogP contribution in [0.3, 0.4) is 0 Å². The Labute approximate surface area is 88.4 Å². The lowest BCUT2D eigenvalue weighted by Gasteiger charge is -2.03. The molecule has 1 aromatic heterocycles. The van der Waals surface area contributed by atoms with Crippen LogP contribution in [-0.2, 0) is 6.42 Å². The van der Waals surface area contributed by atoms with Gasteiger partial charge in [0.2, 0.25) is 0 Å². The highest BCUT2D eigenvalue weighted by atomic mass is 32.1. The highest BCUT2D eigenvalue weighted by Gasteiger charge is 1.97. The minimum atomic E-state index is 1.03. The maximum atomic E-state index is 3.15. The molecule has 0 bridgehead atoms. The zero-order chi connectivity index (χ0) is 9.80. The number of anilines is 1. The van der Waals surface area contributed by atoms with Gasteiger partial charge in [-0.2, -0.15) is 0 Å². The van der Waals surface area contributed by atoms with Crippen molar-refractivity contribution in [2.24, 2.45) is 0 Å². The standard InChI is InChI=1S/C12H13NS/c1-13-11-5-2-4-10(8-11)9-12-6-3-7-14-12/h2-8,13H,9H2,1H3. The van der Waals surface area contributed by atoms with Gasteiger partial charge in [-0.05, 0) is 29.1 Å². The minimum Gasteiger partial charge on any atom is -0.388 e. The van der Waals surface area contributed by atoms with Crippen LogP contribution in [-0.4, -0.2) is 7.05 Å². The molecule has 72 valence electrons. The molecule has 0 unspecified atom stereocenters. The third-order valence-electron chi connectivity index (χ3n) is 2.17. The van der Waals surface area contributed by atoms with Crippen molar-refractivity contribution in [1.82, 2.24) is 0 Å². The van der Waals surface area contributed by atoms with Crippen LogP contribution in [0, 0.1) is 0 Å². The Morgan fingerprint density at radius 2 is 2.14 bits per heavy atom. The van der Waals surface area contributed by atoms with Crippen LogP contribution in [0.25, 0.3) is 0 Å². The summed E-state index contributed by atoms with van der Waals surface area (Å²) in [5.74, 6) is 0. The molecule has 0 aliphatic rings. The van der Waals surface area contributed by atoms with Gasteiger partial charge >= 0.3 is 0 Å². The molecule has 0 aliphatic carbocycles. The van der Waals surface area contributed by atoms with E-state index in [9.17, 15) is 0 Å². The first-order valence-electron chi connectivity index (χ1n) is 4.67. The van der Waals surface area contributed by atoms with Crippen LogP contribution < -0.4 is 5.32 Å². The van der Waals surface area contributed by atoms with Gasteiger partial charge in [-0.3, -0.25) is 0 Å². The summed E-state index contributed by atoms with van der Waals surface area (Å²) in [5, 5.41) is 5.27. The summed E-state index contributed by atoms with van der Waals surface area (Å²) in [6.45, 7) is 0. The van der Waals surface area contributed by atoms with Crippen LogP contribution in [0.2, 0.25) is 0 Å². The second kappa shape index (κ2) is 4.29. The van der Waals surface area contributed by atoms with Crippen molar-refractivity contribution in [3.8, 4) is 0 Å². The van der Waals surface area contributed by atoms with Gasteiger partial charge in [0.25, 0.3) is 0 Å². The molecular formula is C12H13NS. The van der Waals surface area contributed by atoms with Crippen LogP contribution in [0.1, 0.15) is 10.4 Å². The molecule has 2 heteroatoms. The fourth-order valence-corrected chi connectivity index (χ4v) is 2.19. The number of rotatable bonds is 3. The fraction of sp³-hybridized carbons (Fsp3) is 0.167. The van der Waals surface area contributed by atoms with E-state index in [4.69, 9.17) is 0 Å². The Kier molecular flexibility index (Phi) is 2.84. The average molecular weight is 203 g/mol. The van der Waals surface area contributed by atoms with Crippen molar-refractivity contribution in [2.75, 3.05) is 12.4 Å². The van der Waals surface area contributed by atoms with Crippen molar-refractivity contribution in [1.29, 1.82) is 0 Å². The first kappa shape index (κ1) is 9.28. The van der Waals surface area contributed by atoms with E-state index in [0.29, 0.717) is 0 Å². The van der Waals surface area contributed by atoms with Gasteiger partial charge in [0.15, 0.2) is 0 Å². The molecule has 1 heterocycles. The molecule has 0 spiro atoms. The molecule has 0 saturated heterocycles. The summed E-state index contributed by atoms with van der Waals surface area (Å²) in [5.41, 5.74) is 2.54. The molecule has 2 rings (SSSR count). The molecule has 14 heavy (non-hydrogen) atoms. The molecule has 0 fully saturated rings. The highest BCUT2D eigenvalue weighted by molar-refractivity contribution is 7.09. The van der Waals surface area contributed by atoms with Gasteiger partial charge in [0.05, 0.1) is 0 Å². The second-order valence-corrected chi connectivity index (χ2v) is 4.24. The summed E-state index contributed by atoms with van der Waals surface area (Å²) in [7, 11) is 1.95. The maximum Gasteiger partial charge on any atom is 0.0340 e. The zero-order valence-electron chi connectivity index (χ0n) is 8.16. The number of benzene rings is 1. The molecule has 1 aromatic carbocycles. The quantitative estimate of drug-likeness (QED) is 0.806. The Balaban J connectivity index is 2.17. The van der Waals surface area contributed by atoms with E-state index in [0.717, 1.165) is 6.42 Å². The largest absolute Gasteiger partial charge is 0.388 e. The van der Waals surface area contributed by atoms with Gasteiger partial charge in [0.1, 0.15) is 0 Å². The van der Waals surface area contributed by atoms with E-state index in [1.54, 1.807) is 0 Å². The first-order chi connectivity index (χ1) is 6.88. The third-order valence-corrected chi connectivity index (χ3v) is 3.05. The lowest BCUT2D eigenvalue weighted by atomic mass is 10.1. The zero-order valence-corrected chi connectivity index (χ0v) is 8.97. The molecule has 0 saturated carbocycles. The molecule has 0 amide bonds. The summed E-state index contributed by atoms with van der Waals surface area (Å²) >= 11 is 1.81. The SMILES string of the molecule is CNc1cccc(Cc2cccs2)c1. The summed E-state index contributed by atoms with van der Waals surface area (Å²) < 4.78 is 0. The Bertz CT molecular complexity index is 392. The summed E-state index contributed by atoms with van der Waals surface area (Å²) in [6, 6.07) is 12.8. The van der Waals surface area contributed by atoms with Gasteiger partial charge in [-0.15, -0.1) is 11.3 Å². The van der Waals surface area contributed by atoms with E-state index in [2.05, 4.69) is 47.1 Å². The first-order valence-corrected chi connectivity index (χ1v) is 5.55. The summed E-state index contributed by atoms with van der Waals surface area (Å²) in [4.78, 5) is 1.42. The van der Waals surface area contributed by atoms with Crippen molar-refractivity contribution < 1.29 is 0 Å².